The molecule has 0 aromatic heterocycles. The molecule has 1 aliphatic heterocycles. The summed E-state index contributed by atoms with van der Waals surface area (Å²) in [4.78, 5) is 24.3. The summed E-state index contributed by atoms with van der Waals surface area (Å²) in [6.45, 7) is 0.0939. The largest absolute Gasteiger partial charge is 0.454 e. The minimum atomic E-state index is -3.58. The molecule has 0 aliphatic carbocycles. The molecule has 0 bridgehead atoms. The molecule has 0 spiro atoms. The number of rotatable bonds is 4. The maximum atomic E-state index is 12.1. The molecule has 0 saturated heterocycles. The first-order chi connectivity index (χ1) is 12.8. The van der Waals surface area contributed by atoms with E-state index in [2.05, 4.69) is 10.9 Å². The van der Waals surface area contributed by atoms with Crippen LogP contribution >= 0.6 is 0 Å². The molecule has 0 unspecified atom stereocenters. The Balaban J connectivity index is 1.63. The van der Waals surface area contributed by atoms with Crippen molar-refractivity contribution in [3.63, 3.8) is 0 Å². The number of hydrogen-bond donors (Lipinski definition) is 2. The van der Waals surface area contributed by atoms with E-state index < -0.39 is 21.8 Å². The summed E-state index contributed by atoms with van der Waals surface area (Å²) in [5.41, 5.74) is 5.04. The standard InChI is InChI=1S/C17H17N3O6S/c1-20(2)27(23,24)13-6-3-11(4-7-13)16(21)18-19-17(22)12-5-8-14-15(9-12)26-10-25-14/h3-9H,10H2,1-2H3,(H,18,21)(H,19,22). The number of sulfonamides is 1. The first kappa shape index (κ1) is 18.7. The van der Waals surface area contributed by atoms with E-state index in [0.29, 0.717) is 11.5 Å². The molecular formula is C17H17N3O6S. The van der Waals surface area contributed by atoms with Crippen LogP contribution in [0.2, 0.25) is 0 Å². The Morgan fingerprint density at radius 1 is 0.889 bits per heavy atom. The molecule has 2 aromatic carbocycles. The van der Waals surface area contributed by atoms with Crippen LogP contribution < -0.4 is 20.3 Å². The monoisotopic (exact) mass is 391 g/mol. The fourth-order valence-corrected chi connectivity index (χ4v) is 3.19. The quantitative estimate of drug-likeness (QED) is 0.743. The Hall–Kier alpha value is -3.11. The van der Waals surface area contributed by atoms with Gasteiger partial charge in [0.05, 0.1) is 4.90 Å². The van der Waals surface area contributed by atoms with Crippen LogP contribution in [-0.2, 0) is 10.0 Å². The number of ether oxygens (including phenoxy) is 2. The first-order valence-electron chi connectivity index (χ1n) is 7.82. The lowest BCUT2D eigenvalue weighted by Crippen LogP contribution is -2.41. The number of benzene rings is 2. The Morgan fingerprint density at radius 2 is 1.44 bits per heavy atom. The number of nitrogens with one attached hydrogen (secondary N) is 2. The maximum Gasteiger partial charge on any atom is 0.269 e. The molecule has 142 valence electrons. The van der Waals surface area contributed by atoms with Gasteiger partial charge in [0, 0.05) is 25.2 Å². The molecule has 2 aromatic rings. The molecule has 9 nitrogen and oxygen atoms in total. The van der Waals surface area contributed by atoms with Gasteiger partial charge in [-0.2, -0.15) is 0 Å². The molecule has 0 saturated carbocycles. The van der Waals surface area contributed by atoms with Gasteiger partial charge in [0.25, 0.3) is 11.8 Å². The van der Waals surface area contributed by atoms with Gasteiger partial charge in [0.1, 0.15) is 0 Å². The minimum absolute atomic E-state index is 0.0634. The third-order valence-corrected chi connectivity index (χ3v) is 5.65. The second-order valence-electron chi connectivity index (χ2n) is 5.79. The SMILES string of the molecule is CN(C)S(=O)(=O)c1ccc(C(=O)NNC(=O)c2ccc3c(c2)OCO3)cc1. The van der Waals surface area contributed by atoms with Gasteiger partial charge in [0.2, 0.25) is 16.8 Å². The number of fused-ring (bicyclic) bond motifs is 1. The van der Waals surface area contributed by atoms with E-state index in [-0.39, 0.29) is 22.8 Å². The highest BCUT2D eigenvalue weighted by atomic mass is 32.2. The van der Waals surface area contributed by atoms with Crippen molar-refractivity contribution in [3.8, 4) is 11.5 Å². The van der Waals surface area contributed by atoms with Crippen molar-refractivity contribution < 1.29 is 27.5 Å². The molecular weight excluding hydrogens is 374 g/mol. The molecule has 2 N–H and O–H groups in total. The average molecular weight is 391 g/mol. The molecule has 3 rings (SSSR count). The second-order valence-corrected chi connectivity index (χ2v) is 7.94. The number of amides is 2. The molecule has 27 heavy (non-hydrogen) atoms. The summed E-state index contributed by atoms with van der Waals surface area (Å²) in [6, 6.07) is 10.0. The smallest absolute Gasteiger partial charge is 0.269 e. The lowest BCUT2D eigenvalue weighted by atomic mass is 10.2. The normalized spacial score (nSPS) is 12.7. The third kappa shape index (κ3) is 3.86. The summed E-state index contributed by atoms with van der Waals surface area (Å²) < 4.78 is 35.5. The van der Waals surface area contributed by atoms with Gasteiger partial charge >= 0.3 is 0 Å². The summed E-state index contributed by atoms with van der Waals surface area (Å²) in [5.74, 6) is -0.124. The zero-order valence-electron chi connectivity index (χ0n) is 14.6. The number of carbonyl (C=O) groups is 2. The third-order valence-electron chi connectivity index (χ3n) is 3.82. The molecule has 0 radical (unpaired) electrons. The fourth-order valence-electron chi connectivity index (χ4n) is 2.28. The van der Waals surface area contributed by atoms with Crippen LogP contribution in [0.25, 0.3) is 0 Å². The number of hydrazine groups is 1. The number of nitrogens with zero attached hydrogens (tertiary/aromatic N) is 1. The van der Waals surface area contributed by atoms with E-state index in [1.807, 2.05) is 0 Å². The van der Waals surface area contributed by atoms with Gasteiger partial charge in [0.15, 0.2) is 11.5 Å². The van der Waals surface area contributed by atoms with E-state index in [4.69, 9.17) is 9.47 Å². The van der Waals surface area contributed by atoms with Gasteiger partial charge in [-0.05, 0) is 42.5 Å². The van der Waals surface area contributed by atoms with Crippen LogP contribution in [0.1, 0.15) is 20.7 Å². The summed E-state index contributed by atoms with van der Waals surface area (Å²) in [6.07, 6.45) is 0. The van der Waals surface area contributed by atoms with Crippen LogP contribution in [0.15, 0.2) is 47.4 Å². The molecule has 0 fully saturated rings. The highest BCUT2D eigenvalue weighted by Gasteiger charge is 2.19. The van der Waals surface area contributed by atoms with Gasteiger partial charge in [-0.25, -0.2) is 12.7 Å². The van der Waals surface area contributed by atoms with Crippen molar-refractivity contribution in [2.24, 2.45) is 0 Å². The topological polar surface area (TPSA) is 114 Å². The van der Waals surface area contributed by atoms with Crippen LogP contribution in [-0.4, -0.2) is 45.4 Å². The zero-order valence-corrected chi connectivity index (χ0v) is 15.4. The Labute approximate surface area is 155 Å². The first-order valence-corrected chi connectivity index (χ1v) is 9.26. The second kappa shape index (κ2) is 7.25. The van der Waals surface area contributed by atoms with Gasteiger partial charge in [-0.3, -0.25) is 20.4 Å². The van der Waals surface area contributed by atoms with Crippen molar-refractivity contribution in [2.75, 3.05) is 20.9 Å². The van der Waals surface area contributed by atoms with Crippen molar-refractivity contribution in [1.82, 2.24) is 15.2 Å². The minimum Gasteiger partial charge on any atom is -0.454 e. The average Bonchev–Trinajstić information content (AvgIpc) is 3.13. The molecule has 1 heterocycles. The van der Waals surface area contributed by atoms with Crippen molar-refractivity contribution in [1.29, 1.82) is 0 Å². The summed E-state index contributed by atoms with van der Waals surface area (Å²) in [5, 5.41) is 0. The lowest BCUT2D eigenvalue weighted by Gasteiger charge is -2.12. The molecule has 0 atom stereocenters. The molecule has 2 amide bonds. The van der Waals surface area contributed by atoms with Crippen LogP contribution in [0.5, 0.6) is 11.5 Å². The van der Waals surface area contributed by atoms with Crippen molar-refractivity contribution >= 4 is 21.8 Å². The number of carbonyl (C=O) groups excluding carboxylic acids is 2. The molecule has 10 heteroatoms. The van der Waals surface area contributed by atoms with Gasteiger partial charge in [-0.1, -0.05) is 0 Å². The van der Waals surface area contributed by atoms with E-state index in [1.54, 1.807) is 6.07 Å². The van der Waals surface area contributed by atoms with Gasteiger partial charge < -0.3 is 9.47 Å². The number of hydrogen-bond acceptors (Lipinski definition) is 6. The van der Waals surface area contributed by atoms with Crippen LogP contribution in [0.3, 0.4) is 0 Å². The predicted octanol–water partition coefficient (Wildman–Crippen LogP) is 0.740. The van der Waals surface area contributed by atoms with Crippen LogP contribution in [0.4, 0.5) is 0 Å². The van der Waals surface area contributed by atoms with E-state index in [0.717, 1.165) is 4.31 Å². The Bertz CT molecular complexity index is 986. The Morgan fingerprint density at radius 3 is 2.07 bits per heavy atom. The zero-order chi connectivity index (χ0) is 19.6. The van der Waals surface area contributed by atoms with E-state index in [9.17, 15) is 18.0 Å². The van der Waals surface area contributed by atoms with Crippen molar-refractivity contribution in [3.05, 3.63) is 53.6 Å². The maximum absolute atomic E-state index is 12.1. The predicted molar refractivity (Wildman–Crippen MR) is 94.8 cm³/mol. The summed E-state index contributed by atoms with van der Waals surface area (Å²) in [7, 11) is -0.740. The Kier molecular flexibility index (Phi) is 5.02. The van der Waals surface area contributed by atoms with E-state index in [1.165, 1.54) is 50.5 Å². The lowest BCUT2D eigenvalue weighted by molar-refractivity contribution is 0.0846. The summed E-state index contributed by atoms with van der Waals surface area (Å²) >= 11 is 0. The van der Waals surface area contributed by atoms with Crippen LogP contribution in [0, 0.1) is 0 Å². The van der Waals surface area contributed by atoms with E-state index >= 15 is 0 Å². The highest BCUT2D eigenvalue weighted by Crippen LogP contribution is 2.32. The fraction of sp³-hybridized carbons (Fsp3) is 0.176. The highest BCUT2D eigenvalue weighted by molar-refractivity contribution is 7.89. The van der Waals surface area contributed by atoms with Gasteiger partial charge in [-0.15, -0.1) is 0 Å². The van der Waals surface area contributed by atoms with Crippen molar-refractivity contribution in [2.45, 2.75) is 4.90 Å². The molecule has 1 aliphatic rings.